The lowest BCUT2D eigenvalue weighted by molar-refractivity contribution is 0.0585. The highest BCUT2D eigenvalue weighted by Gasteiger charge is 2.32. The summed E-state index contributed by atoms with van der Waals surface area (Å²) in [5, 5.41) is 3.54. The Morgan fingerprint density at radius 1 is 1.00 bits per heavy atom. The van der Waals surface area contributed by atoms with Crippen molar-refractivity contribution >= 4 is 0 Å². The molecule has 94 valence electrons. The second-order valence-corrected chi connectivity index (χ2v) is 6.15. The Labute approximate surface area is 101 Å². The summed E-state index contributed by atoms with van der Waals surface area (Å²) in [4.78, 5) is 2.78. The maximum absolute atomic E-state index is 3.54. The zero-order valence-electron chi connectivity index (χ0n) is 11.2. The van der Waals surface area contributed by atoms with E-state index in [1.54, 1.807) is 0 Å². The quantitative estimate of drug-likeness (QED) is 0.775. The lowest BCUT2D eigenvalue weighted by Crippen LogP contribution is -2.54. The fourth-order valence-electron chi connectivity index (χ4n) is 3.87. The minimum Gasteiger partial charge on any atom is -0.315 e. The first-order valence-electron chi connectivity index (χ1n) is 7.12. The molecule has 4 atom stereocenters. The molecule has 0 aromatic rings. The van der Waals surface area contributed by atoms with Gasteiger partial charge in [-0.05, 0) is 38.1 Å². The maximum Gasteiger partial charge on any atom is 0.0249 e. The van der Waals surface area contributed by atoms with Crippen molar-refractivity contribution in [1.29, 1.82) is 0 Å². The SMILES string of the molecule is CNC1CCCCC1N1CC(C)CC(C)C1. The van der Waals surface area contributed by atoms with Gasteiger partial charge in [0.05, 0.1) is 0 Å². The third-order valence-corrected chi connectivity index (χ3v) is 4.47. The van der Waals surface area contributed by atoms with Gasteiger partial charge in [-0.2, -0.15) is 0 Å². The van der Waals surface area contributed by atoms with E-state index in [-0.39, 0.29) is 0 Å². The normalized spacial score (nSPS) is 42.2. The molecule has 0 aromatic carbocycles. The number of piperidine rings is 1. The van der Waals surface area contributed by atoms with Gasteiger partial charge in [0.25, 0.3) is 0 Å². The molecule has 1 aliphatic carbocycles. The fraction of sp³-hybridized carbons (Fsp3) is 1.00. The molecule has 2 rings (SSSR count). The zero-order valence-corrected chi connectivity index (χ0v) is 11.2. The minimum absolute atomic E-state index is 0.742. The molecule has 2 aliphatic rings. The van der Waals surface area contributed by atoms with Crippen molar-refractivity contribution in [2.24, 2.45) is 11.8 Å². The summed E-state index contributed by atoms with van der Waals surface area (Å²) in [6.45, 7) is 7.49. The molecule has 1 N–H and O–H groups in total. The van der Waals surface area contributed by atoms with E-state index in [2.05, 4.69) is 31.1 Å². The van der Waals surface area contributed by atoms with Gasteiger partial charge in [0, 0.05) is 25.2 Å². The van der Waals surface area contributed by atoms with Crippen LogP contribution in [0.4, 0.5) is 0 Å². The number of likely N-dealkylation sites (N-methyl/N-ethyl adjacent to an activating group) is 1. The Bertz CT molecular complexity index is 207. The second-order valence-electron chi connectivity index (χ2n) is 6.15. The molecule has 1 saturated carbocycles. The smallest absolute Gasteiger partial charge is 0.0249 e. The third kappa shape index (κ3) is 2.78. The van der Waals surface area contributed by atoms with Crippen molar-refractivity contribution in [3.8, 4) is 0 Å². The van der Waals surface area contributed by atoms with E-state index in [1.165, 1.54) is 45.2 Å². The minimum atomic E-state index is 0.742. The van der Waals surface area contributed by atoms with E-state index in [0.29, 0.717) is 0 Å². The van der Waals surface area contributed by atoms with E-state index in [4.69, 9.17) is 0 Å². The van der Waals surface area contributed by atoms with Gasteiger partial charge in [0.2, 0.25) is 0 Å². The molecule has 2 nitrogen and oxygen atoms in total. The number of hydrogen-bond acceptors (Lipinski definition) is 2. The van der Waals surface area contributed by atoms with Crippen LogP contribution in [0.15, 0.2) is 0 Å². The van der Waals surface area contributed by atoms with Gasteiger partial charge < -0.3 is 5.32 Å². The zero-order chi connectivity index (χ0) is 11.5. The summed E-state index contributed by atoms with van der Waals surface area (Å²) in [5.74, 6) is 1.78. The highest BCUT2D eigenvalue weighted by atomic mass is 15.2. The molecule has 4 unspecified atom stereocenters. The molecular weight excluding hydrogens is 196 g/mol. The monoisotopic (exact) mass is 224 g/mol. The van der Waals surface area contributed by atoms with E-state index in [0.717, 1.165) is 23.9 Å². The van der Waals surface area contributed by atoms with E-state index in [9.17, 15) is 0 Å². The third-order valence-electron chi connectivity index (χ3n) is 4.47. The fourth-order valence-corrected chi connectivity index (χ4v) is 3.87. The highest BCUT2D eigenvalue weighted by Crippen LogP contribution is 2.29. The van der Waals surface area contributed by atoms with Crippen LogP contribution >= 0.6 is 0 Å². The molecule has 1 heterocycles. The molecule has 0 radical (unpaired) electrons. The Hall–Kier alpha value is -0.0800. The predicted molar refractivity (Wildman–Crippen MR) is 69.6 cm³/mol. The first kappa shape index (κ1) is 12.4. The average molecular weight is 224 g/mol. The van der Waals surface area contributed by atoms with Crippen LogP contribution in [0.1, 0.15) is 46.0 Å². The van der Waals surface area contributed by atoms with E-state index in [1.807, 2.05) is 0 Å². The molecule has 1 aliphatic heterocycles. The Kier molecular flexibility index (Phi) is 4.26. The van der Waals surface area contributed by atoms with Crippen molar-refractivity contribution in [3.05, 3.63) is 0 Å². The number of rotatable bonds is 2. The summed E-state index contributed by atoms with van der Waals surface area (Å²) >= 11 is 0. The Morgan fingerprint density at radius 2 is 1.62 bits per heavy atom. The number of likely N-dealkylation sites (tertiary alicyclic amines) is 1. The van der Waals surface area contributed by atoms with Crippen LogP contribution in [-0.4, -0.2) is 37.1 Å². The maximum atomic E-state index is 3.54. The second kappa shape index (κ2) is 5.50. The van der Waals surface area contributed by atoms with Crippen molar-refractivity contribution < 1.29 is 0 Å². The van der Waals surface area contributed by atoms with Gasteiger partial charge in [-0.1, -0.05) is 26.7 Å². The molecule has 0 spiro atoms. The summed E-state index contributed by atoms with van der Waals surface area (Å²) < 4.78 is 0. The van der Waals surface area contributed by atoms with Gasteiger partial charge in [-0.15, -0.1) is 0 Å². The van der Waals surface area contributed by atoms with Crippen molar-refractivity contribution in [2.45, 2.75) is 58.0 Å². The number of nitrogens with zero attached hydrogens (tertiary/aromatic N) is 1. The van der Waals surface area contributed by atoms with Gasteiger partial charge in [0.1, 0.15) is 0 Å². The average Bonchev–Trinajstić information content (AvgIpc) is 2.27. The van der Waals surface area contributed by atoms with Crippen LogP contribution < -0.4 is 5.32 Å². The van der Waals surface area contributed by atoms with Crippen molar-refractivity contribution in [2.75, 3.05) is 20.1 Å². The van der Waals surface area contributed by atoms with E-state index < -0.39 is 0 Å². The summed E-state index contributed by atoms with van der Waals surface area (Å²) in [7, 11) is 2.14. The van der Waals surface area contributed by atoms with Crippen LogP contribution in [0.5, 0.6) is 0 Å². The predicted octanol–water partition coefficient (Wildman–Crippen LogP) is 2.49. The lowest BCUT2D eigenvalue weighted by Gasteiger charge is -2.45. The van der Waals surface area contributed by atoms with Crippen LogP contribution in [0.2, 0.25) is 0 Å². The molecule has 2 fully saturated rings. The topological polar surface area (TPSA) is 15.3 Å². The van der Waals surface area contributed by atoms with Crippen LogP contribution in [-0.2, 0) is 0 Å². The molecule has 1 saturated heterocycles. The Balaban J connectivity index is 1.98. The van der Waals surface area contributed by atoms with Crippen LogP contribution in [0.3, 0.4) is 0 Å². The van der Waals surface area contributed by atoms with Crippen molar-refractivity contribution in [3.63, 3.8) is 0 Å². The molecule has 0 aromatic heterocycles. The van der Waals surface area contributed by atoms with Crippen molar-refractivity contribution in [1.82, 2.24) is 10.2 Å². The van der Waals surface area contributed by atoms with Crippen LogP contribution in [0.25, 0.3) is 0 Å². The standard InChI is InChI=1S/C14H28N2/c1-11-8-12(2)10-16(9-11)14-7-5-4-6-13(14)15-3/h11-15H,4-10H2,1-3H3. The molecular formula is C14H28N2. The van der Waals surface area contributed by atoms with Crippen LogP contribution in [0, 0.1) is 11.8 Å². The lowest BCUT2D eigenvalue weighted by atomic mass is 9.85. The summed E-state index contributed by atoms with van der Waals surface area (Å²) in [5.41, 5.74) is 0. The largest absolute Gasteiger partial charge is 0.315 e. The van der Waals surface area contributed by atoms with Gasteiger partial charge >= 0.3 is 0 Å². The summed E-state index contributed by atoms with van der Waals surface area (Å²) in [6.07, 6.45) is 7.06. The highest BCUT2D eigenvalue weighted by molar-refractivity contribution is 4.90. The molecule has 0 amide bonds. The van der Waals surface area contributed by atoms with Gasteiger partial charge in [-0.3, -0.25) is 4.90 Å². The molecule has 0 bridgehead atoms. The summed E-state index contributed by atoms with van der Waals surface area (Å²) in [6, 6.07) is 1.55. The first-order chi connectivity index (χ1) is 7.70. The van der Waals surface area contributed by atoms with Gasteiger partial charge in [0.15, 0.2) is 0 Å². The molecule has 2 heteroatoms. The Morgan fingerprint density at radius 3 is 2.25 bits per heavy atom. The van der Waals surface area contributed by atoms with Gasteiger partial charge in [-0.25, -0.2) is 0 Å². The van der Waals surface area contributed by atoms with E-state index >= 15 is 0 Å². The number of hydrogen-bond donors (Lipinski definition) is 1. The number of nitrogens with one attached hydrogen (secondary N) is 1. The molecule has 16 heavy (non-hydrogen) atoms. The first-order valence-corrected chi connectivity index (χ1v) is 7.12.